The number of carbonyl (C=O) groups is 3. The van der Waals surface area contributed by atoms with Gasteiger partial charge < -0.3 is 15.5 Å². The van der Waals surface area contributed by atoms with Gasteiger partial charge in [-0.25, -0.2) is 9.97 Å². The summed E-state index contributed by atoms with van der Waals surface area (Å²) in [5, 5.41) is 2.36. The monoisotopic (exact) mass is 476 g/mol. The fourth-order valence-corrected chi connectivity index (χ4v) is 2.93. The van der Waals surface area contributed by atoms with Crippen LogP contribution in [0.1, 0.15) is 41.6 Å². The molecule has 0 spiro atoms. The number of halogens is 3. The zero-order valence-corrected chi connectivity index (χ0v) is 18.6. The van der Waals surface area contributed by atoms with E-state index in [1.54, 1.807) is 30.3 Å². The third-order valence-electron chi connectivity index (χ3n) is 4.37. The van der Waals surface area contributed by atoms with Crippen LogP contribution in [0.15, 0.2) is 52.9 Å². The minimum Gasteiger partial charge on any atom is -0.435 e. The maximum Gasteiger partial charge on any atom is 0.433 e. The van der Waals surface area contributed by atoms with Gasteiger partial charge in [0.15, 0.2) is 5.89 Å². The Hall–Kier alpha value is -4.02. The molecule has 0 aliphatic carbocycles. The lowest BCUT2D eigenvalue weighted by molar-refractivity contribution is -0.141. The average Bonchev–Trinajstić information content (AvgIpc) is 3.21. The summed E-state index contributed by atoms with van der Waals surface area (Å²) in [6.45, 7) is 5.39. The van der Waals surface area contributed by atoms with E-state index < -0.39 is 41.3 Å². The summed E-state index contributed by atoms with van der Waals surface area (Å²) in [5.41, 5.74) is 4.07. The van der Waals surface area contributed by atoms with Crippen LogP contribution < -0.4 is 11.1 Å². The third-order valence-corrected chi connectivity index (χ3v) is 4.37. The first kappa shape index (κ1) is 26.2. The first-order valence-corrected chi connectivity index (χ1v) is 10.3. The number of rotatable bonds is 7. The van der Waals surface area contributed by atoms with E-state index in [0.717, 1.165) is 12.1 Å². The van der Waals surface area contributed by atoms with Gasteiger partial charge in [-0.15, -0.1) is 0 Å². The molecule has 1 atom stereocenters. The highest BCUT2D eigenvalue weighted by molar-refractivity contribution is 6.38. The maximum atomic E-state index is 13.0. The molecular weight excluding hydrogens is 453 g/mol. The number of alkyl halides is 3. The van der Waals surface area contributed by atoms with E-state index in [9.17, 15) is 27.6 Å². The van der Waals surface area contributed by atoms with Gasteiger partial charge in [-0.05, 0) is 17.7 Å². The summed E-state index contributed by atoms with van der Waals surface area (Å²) in [5.74, 6) is -3.72. The highest BCUT2D eigenvalue weighted by atomic mass is 19.4. The van der Waals surface area contributed by atoms with Crippen molar-refractivity contribution in [2.75, 3.05) is 0 Å². The molecule has 0 saturated heterocycles. The molecule has 3 rings (SSSR count). The zero-order chi connectivity index (χ0) is 25.5. The molecule has 11 heteroatoms. The van der Waals surface area contributed by atoms with Crippen molar-refractivity contribution < 1.29 is 32.0 Å². The number of nitrogens with zero attached hydrogens (tertiary/aromatic N) is 2. The van der Waals surface area contributed by atoms with Gasteiger partial charge in [0.2, 0.25) is 11.5 Å². The summed E-state index contributed by atoms with van der Waals surface area (Å²) in [4.78, 5) is 44.0. The van der Waals surface area contributed by atoms with Gasteiger partial charge in [-0.2, -0.15) is 13.2 Å². The molecule has 0 saturated carbocycles. The number of pyridine rings is 1. The first-order valence-electron chi connectivity index (χ1n) is 10.3. The Morgan fingerprint density at radius 2 is 1.68 bits per heavy atom. The highest BCUT2D eigenvalue weighted by Crippen LogP contribution is 2.30. The van der Waals surface area contributed by atoms with Gasteiger partial charge in [-0.3, -0.25) is 14.4 Å². The predicted molar refractivity (Wildman–Crippen MR) is 116 cm³/mol. The van der Waals surface area contributed by atoms with Crippen molar-refractivity contribution in [3.8, 4) is 11.4 Å². The lowest BCUT2D eigenvalue weighted by Crippen LogP contribution is -2.47. The maximum absolute atomic E-state index is 13.0. The number of amides is 2. The van der Waals surface area contributed by atoms with Crippen molar-refractivity contribution in [2.24, 2.45) is 5.73 Å². The Balaban J connectivity index is 0.00000199. The quantitative estimate of drug-likeness (QED) is 0.503. The van der Waals surface area contributed by atoms with Crippen LogP contribution in [-0.4, -0.2) is 33.6 Å². The third kappa shape index (κ3) is 6.50. The standard InChI is InChI=1S/C21H17F3N4O4.C2H6/c1-11-26-16(13-8-5-9-15(27-13)21(22,23)24)18(32-11)20(31)28-14(17(29)19(25)30)10-12-6-3-2-4-7-12;1-2/h2-9,14H,10H2,1H3,(H2,25,30)(H,28,31);1-2H3. The minimum absolute atomic E-state index is 0.00908. The minimum atomic E-state index is -4.70. The molecule has 34 heavy (non-hydrogen) atoms. The van der Waals surface area contributed by atoms with Crippen molar-refractivity contribution in [3.63, 3.8) is 0 Å². The predicted octanol–water partition coefficient (Wildman–Crippen LogP) is 3.49. The fraction of sp³-hybridized carbons (Fsp3) is 0.261. The SMILES string of the molecule is CC.Cc1nc(-c2cccc(C(F)(F)F)n2)c(C(=O)NC(Cc2ccccc2)C(=O)C(N)=O)o1. The van der Waals surface area contributed by atoms with Crippen LogP contribution in [0.3, 0.4) is 0 Å². The number of hydrogen-bond donors (Lipinski definition) is 2. The number of hydrogen-bond acceptors (Lipinski definition) is 6. The molecular formula is C23H23F3N4O4. The molecule has 8 nitrogen and oxygen atoms in total. The van der Waals surface area contributed by atoms with Crippen LogP contribution >= 0.6 is 0 Å². The van der Waals surface area contributed by atoms with Gasteiger partial charge >= 0.3 is 6.18 Å². The lowest BCUT2D eigenvalue weighted by Gasteiger charge is -2.16. The molecule has 0 bridgehead atoms. The smallest absolute Gasteiger partial charge is 0.433 e. The van der Waals surface area contributed by atoms with Gasteiger partial charge in [0.25, 0.3) is 11.8 Å². The van der Waals surface area contributed by atoms with Gasteiger partial charge in [0.05, 0.1) is 5.69 Å². The normalized spacial score (nSPS) is 11.7. The Morgan fingerprint density at radius 1 is 1.03 bits per heavy atom. The van der Waals surface area contributed by atoms with E-state index in [4.69, 9.17) is 10.2 Å². The summed E-state index contributed by atoms with van der Waals surface area (Å²) < 4.78 is 44.3. The van der Waals surface area contributed by atoms with Crippen LogP contribution in [0.25, 0.3) is 11.4 Å². The summed E-state index contributed by atoms with van der Waals surface area (Å²) >= 11 is 0. The largest absolute Gasteiger partial charge is 0.435 e. The van der Waals surface area contributed by atoms with Crippen LogP contribution in [0.2, 0.25) is 0 Å². The van der Waals surface area contributed by atoms with Crippen LogP contribution in [-0.2, 0) is 22.2 Å². The van der Waals surface area contributed by atoms with E-state index in [1.165, 1.54) is 13.0 Å². The molecule has 1 aromatic carbocycles. The molecule has 2 amide bonds. The van der Waals surface area contributed by atoms with Crippen LogP contribution in [0.4, 0.5) is 13.2 Å². The number of nitrogens with one attached hydrogen (secondary N) is 1. The number of benzene rings is 1. The number of oxazole rings is 1. The van der Waals surface area contributed by atoms with Crippen molar-refractivity contribution in [2.45, 2.75) is 39.4 Å². The number of ketones is 1. The second kappa shape index (κ2) is 11.2. The molecule has 2 aromatic heterocycles. The Bertz CT molecular complexity index is 1160. The fourth-order valence-electron chi connectivity index (χ4n) is 2.93. The molecule has 3 N–H and O–H groups in total. The van der Waals surface area contributed by atoms with E-state index in [-0.39, 0.29) is 23.7 Å². The Kier molecular flexibility index (Phi) is 8.65. The molecule has 0 radical (unpaired) electrons. The van der Waals surface area contributed by atoms with Gasteiger partial charge in [0.1, 0.15) is 17.4 Å². The average molecular weight is 476 g/mol. The Morgan fingerprint density at radius 3 is 2.26 bits per heavy atom. The number of Topliss-reactive ketones (excluding diaryl/α,β-unsaturated/α-hetero) is 1. The van der Waals surface area contributed by atoms with Crippen molar-refractivity contribution in [1.82, 2.24) is 15.3 Å². The number of carbonyl (C=O) groups excluding carboxylic acids is 3. The van der Waals surface area contributed by atoms with E-state index in [1.807, 2.05) is 13.8 Å². The lowest BCUT2D eigenvalue weighted by atomic mass is 10.0. The number of aryl methyl sites for hydroxylation is 1. The second-order valence-corrected chi connectivity index (χ2v) is 6.76. The number of nitrogens with two attached hydrogens (primary N) is 1. The molecule has 0 aliphatic rings. The van der Waals surface area contributed by atoms with Gasteiger partial charge in [-0.1, -0.05) is 50.2 Å². The van der Waals surface area contributed by atoms with Crippen molar-refractivity contribution in [1.29, 1.82) is 0 Å². The number of primary amides is 1. The molecule has 0 fully saturated rings. The molecule has 0 aliphatic heterocycles. The summed E-state index contributed by atoms with van der Waals surface area (Å²) in [6, 6.07) is 10.3. The first-order chi connectivity index (χ1) is 16.1. The van der Waals surface area contributed by atoms with E-state index in [0.29, 0.717) is 5.56 Å². The molecule has 1 unspecified atom stereocenters. The van der Waals surface area contributed by atoms with Crippen molar-refractivity contribution in [3.05, 3.63) is 71.4 Å². The molecule has 180 valence electrons. The Labute approximate surface area is 193 Å². The van der Waals surface area contributed by atoms with E-state index in [2.05, 4.69) is 15.3 Å². The van der Waals surface area contributed by atoms with Crippen molar-refractivity contribution >= 4 is 17.6 Å². The summed E-state index contributed by atoms with van der Waals surface area (Å²) in [6.07, 6.45) is -4.75. The molecule has 3 aromatic rings. The van der Waals surface area contributed by atoms with Crippen LogP contribution in [0.5, 0.6) is 0 Å². The van der Waals surface area contributed by atoms with Gasteiger partial charge in [0, 0.05) is 13.3 Å². The zero-order valence-electron chi connectivity index (χ0n) is 18.6. The topological polar surface area (TPSA) is 128 Å². The second-order valence-electron chi connectivity index (χ2n) is 6.76. The number of aromatic nitrogens is 2. The van der Waals surface area contributed by atoms with Crippen LogP contribution in [0, 0.1) is 6.92 Å². The molecule has 2 heterocycles. The highest BCUT2D eigenvalue weighted by Gasteiger charge is 2.34. The summed E-state index contributed by atoms with van der Waals surface area (Å²) in [7, 11) is 0. The van der Waals surface area contributed by atoms with E-state index >= 15 is 0 Å².